The van der Waals surface area contributed by atoms with Gasteiger partial charge in [-0.25, -0.2) is 9.36 Å². The molecule has 1 heterocycles. The number of ether oxygens (including phenoxy) is 1. The van der Waals surface area contributed by atoms with Crippen molar-refractivity contribution in [3.8, 4) is 11.5 Å². The third-order valence-corrected chi connectivity index (χ3v) is 8.77. The molecule has 4 rings (SSSR count). The van der Waals surface area contributed by atoms with Crippen LogP contribution in [0.5, 0.6) is 11.5 Å². The van der Waals surface area contributed by atoms with Crippen molar-refractivity contribution < 1.29 is 27.9 Å². The Morgan fingerprint density at radius 2 is 1.48 bits per heavy atom. The summed E-state index contributed by atoms with van der Waals surface area (Å²) in [7, 11) is -3.94. The standard InChI is InChI=1S/C30H36N3O6P/c31-21-11-10-19-27(32-30(35)37-23-24-13-4-1-5-14-24)29(34)33-22-12-20-28(33)40(36,38-25-15-6-2-7-16-25)39-26-17-8-3-9-18-26/h1-9,13-18,27-28H,10-12,19-23,31H2,(H,32,35). The van der Waals surface area contributed by atoms with Crippen LogP contribution in [0.3, 0.4) is 0 Å². The van der Waals surface area contributed by atoms with Gasteiger partial charge in [-0.3, -0.25) is 4.79 Å². The lowest BCUT2D eigenvalue weighted by molar-refractivity contribution is -0.133. The van der Waals surface area contributed by atoms with Crippen LogP contribution in [-0.4, -0.2) is 41.8 Å². The van der Waals surface area contributed by atoms with Crippen molar-refractivity contribution in [1.29, 1.82) is 0 Å². The zero-order valence-electron chi connectivity index (χ0n) is 22.4. The minimum Gasteiger partial charge on any atom is -0.445 e. The number of rotatable bonds is 13. The highest BCUT2D eigenvalue weighted by Crippen LogP contribution is 2.57. The summed E-state index contributed by atoms with van der Waals surface area (Å²) in [6.07, 6.45) is 2.03. The van der Waals surface area contributed by atoms with Gasteiger partial charge < -0.3 is 29.7 Å². The predicted octanol–water partition coefficient (Wildman–Crippen LogP) is 5.71. The number of carbonyl (C=O) groups excluding carboxylic acids is 2. The zero-order valence-corrected chi connectivity index (χ0v) is 23.3. The number of nitrogens with zero attached hydrogens (tertiary/aromatic N) is 1. The van der Waals surface area contributed by atoms with Crippen LogP contribution in [0.1, 0.15) is 37.7 Å². The van der Waals surface area contributed by atoms with Gasteiger partial charge in [0.1, 0.15) is 24.1 Å². The van der Waals surface area contributed by atoms with Crippen molar-refractivity contribution >= 4 is 19.6 Å². The minimum atomic E-state index is -3.94. The number of benzene rings is 3. The fourth-order valence-electron chi connectivity index (χ4n) is 4.59. The van der Waals surface area contributed by atoms with Crippen LogP contribution in [0.15, 0.2) is 91.0 Å². The molecule has 0 bridgehead atoms. The summed E-state index contributed by atoms with van der Waals surface area (Å²) in [5.74, 6) is -0.435. The Kier molecular flexibility index (Phi) is 10.6. The number of nitrogens with two attached hydrogens (primary N) is 1. The Labute approximate surface area is 235 Å². The quantitative estimate of drug-likeness (QED) is 0.201. The van der Waals surface area contributed by atoms with E-state index in [4.69, 9.17) is 19.5 Å². The predicted molar refractivity (Wildman–Crippen MR) is 153 cm³/mol. The Bertz CT molecular complexity index is 1220. The Morgan fingerprint density at radius 3 is 2.05 bits per heavy atom. The van der Waals surface area contributed by atoms with Crippen molar-refractivity contribution in [2.24, 2.45) is 5.73 Å². The molecule has 40 heavy (non-hydrogen) atoms. The van der Waals surface area contributed by atoms with Crippen LogP contribution in [0.4, 0.5) is 4.79 Å². The molecule has 0 aliphatic carbocycles. The molecule has 9 nitrogen and oxygen atoms in total. The summed E-state index contributed by atoms with van der Waals surface area (Å²) in [4.78, 5) is 28.1. The van der Waals surface area contributed by atoms with E-state index < -0.39 is 25.5 Å². The molecule has 1 fully saturated rings. The van der Waals surface area contributed by atoms with Gasteiger partial charge in [0.15, 0.2) is 5.78 Å². The SMILES string of the molecule is NCCCCC(NC(=O)OCc1ccccc1)C(=O)N1CCCC1P(=O)(Oc1ccccc1)Oc1ccccc1. The summed E-state index contributed by atoms with van der Waals surface area (Å²) >= 11 is 0. The monoisotopic (exact) mass is 565 g/mol. The van der Waals surface area contributed by atoms with Crippen LogP contribution < -0.4 is 20.1 Å². The highest BCUT2D eigenvalue weighted by molar-refractivity contribution is 7.55. The van der Waals surface area contributed by atoms with Crippen LogP contribution in [-0.2, 0) is 20.7 Å². The number of unbranched alkanes of at least 4 members (excludes halogenated alkanes) is 1. The maximum absolute atomic E-state index is 14.5. The molecule has 3 aromatic carbocycles. The van der Waals surface area contributed by atoms with E-state index in [-0.39, 0.29) is 12.5 Å². The third-order valence-electron chi connectivity index (χ3n) is 6.57. The van der Waals surface area contributed by atoms with E-state index in [1.165, 1.54) is 4.90 Å². The molecule has 0 radical (unpaired) electrons. The van der Waals surface area contributed by atoms with Gasteiger partial charge in [0.25, 0.3) is 0 Å². The molecular weight excluding hydrogens is 529 g/mol. The molecule has 2 unspecified atom stereocenters. The van der Waals surface area contributed by atoms with E-state index >= 15 is 0 Å². The maximum Gasteiger partial charge on any atom is 0.453 e. The molecule has 10 heteroatoms. The van der Waals surface area contributed by atoms with Crippen molar-refractivity contribution in [3.63, 3.8) is 0 Å². The topological polar surface area (TPSA) is 120 Å². The van der Waals surface area contributed by atoms with Gasteiger partial charge in [0.05, 0.1) is 0 Å². The highest BCUT2D eigenvalue weighted by Gasteiger charge is 2.48. The Balaban J connectivity index is 1.53. The van der Waals surface area contributed by atoms with E-state index in [1.54, 1.807) is 48.5 Å². The number of hydrogen-bond acceptors (Lipinski definition) is 7. The molecule has 2 amide bonds. The summed E-state index contributed by atoms with van der Waals surface area (Å²) in [6.45, 7) is 0.905. The van der Waals surface area contributed by atoms with Crippen molar-refractivity contribution in [2.45, 2.75) is 50.5 Å². The molecule has 1 saturated heterocycles. The third kappa shape index (κ3) is 8.10. The van der Waals surface area contributed by atoms with E-state index in [1.807, 2.05) is 42.5 Å². The molecule has 2 atom stereocenters. The van der Waals surface area contributed by atoms with Crippen molar-refractivity contribution in [2.75, 3.05) is 13.1 Å². The van der Waals surface area contributed by atoms with Crippen LogP contribution >= 0.6 is 7.60 Å². The minimum absolute atomic E-state index is 0.0771. The molecule has 1 aliphatic rings. The summed E-state index contributed by atoms with van der Waals surface area (Å²) < 4.78 is 31.9. The fraction of sp³-hybridized carbons (Fsp3) is 0.333. The van der Waals surface area contributed by atoms with Gasteiger partial charge in [-0.05, 0) is 68.5 Å². The molecular formula is C30H36N3O6P. The van der Waals surface area contributed by atoms with Crippen molar-refractivity contribution in [1.82, 2.24) is 10.2 Å². The number of nitrogens with one attached hydrogen (secondary N) is 1. The molecule has 0 aromatic heterocycles. The first-order valence-electron chi connectivity index (χ1n) is 13.6. The number of alkyl carbamates (subject to hydrolysis) is 1. The van der Waals surface area contributed by atoms with Gasteiger partial charge in [-0.1, -0.05) is 66.7 Å². The first kappa shape index (κ1) is 29.2. The van der Waals surface area contributed by atoms with E-state index in [0.29, 0.717) is 56.7 Å². The lowest BCUT2D eigenvalue weighted by atomic mass is 10.1. The molecule has 3 N–H and O–H groups in total. The molecule has 0 saturated carbocycles. The van der Waals surface area contributed by atoms with Crippen molar-refractivity contribution in [3.05, 3.63) is 96.6 Å². The van der Waals surface area contributed by atoms with Gasteiger partial charge in [-0.2, -0.15) is 0 Å². The van der Waals surface area contributed by atoms with Gasteiger partial charge in [0.2, 0.25) is 5.91 Å². The van der Waals surface area contributed by atoms with Crippen LogP contribution in [0, 0.1) is 0 Å². The lowest BCUT2D eigenvalue weighted by Gasteiger charge is -2.33. The van der Waals surface area contributed by atoms with Gasteiger partial charge in [0, 0.05) is 6.54 Å². The smallest absolute Gasteiger partial charge is 0.445 e. The number of amides is 2. The Hall–Kier alpha value is -3.81. The molecule has 212 valence electrons. The highest BCUT2D eigenvalue weighted by atomic mass is 31.2. The van der Waals surface area contributed by atoms with Gasteiger partial charge in [-0.15, -0.1) is 0 Å². The average molecular weight is 566 g/mol. The maximum atomic E-state index is 14.5. The fourth-order valence-corrected chi connectivity index (χ4v) is 6.77. The van der Waals surface area contributed by atoms with Crippen LogP contribution in [0.2, 0.25) is 0 Å². The van der Waals surface area contributed by atoms with Gasteiger partial charge >= 0.3 is 13.7 Å². The summed E-state index contributed by atoms with van der Waals surface area (Å²) in [6, 6.07) is 26.0. The normalized spacial score (nSPS) is 15.7. The summed E-state index contributed by atoms with van der Waals surface area (Å²) in [5.41, 5.74) is 6.51. The first-order valence-corrected chi connectivity index (χ1v) is 15.2. The number of likely N-dealkylation sites (tertiary alicyclic amines) is 1. The summed E-state index contributed by atoms with van der Waals surface area (Å²) in [5, 5.41) is 2.73. The van der Waals surface area contributed by atoms with E-state index in [9.17, 15) is 14.2 Å². The second-order valence-corrected chi connectivity index (χ2v) is 11.6. The largest absolute Gasteiger partial charge is 0.453 e. The molecule has 3 aromatic rings. The van der Waals surface area contributed by atoms with Crippen LogP contribution in [0.25, 0.3) is 0 Å². The number of hydrogen-bond donors (Lipinski definition) is 2. The number of carbonyl (C=O) groups is 2. The Morgan fingerprint density at radius 1 is 0.900 bits per heavy atom. The first-order chi connectivity index (χ1) is 19.5. The average Bonchev–Trinajstić information content (AvgIpc) is 3.48. The second-order valence-electron chi connectivity index (χ2n) is 9.55. The molecule has 1 aliphatic heterocycles. The van der Waals surface area contributed by atoms with E-state index in [2.05, 4.69) is 5.32 Å². The zero-order chi connectivity index (χ0) is 28.2. The second kappa shape index (κ2) is 14.5. The lowest BCUT2D eigenvalue weighted by Crippen LogP contribution is -2.50. The number of para-hydroxylation sites is 2. The molecule has 0 spiro atoms. The van der Waals surface area contributed by atoms with E-state index in [0.717, 1.165) is 5.56 Å².